The lowest BCUT2D eigenvalue weighted by Gasteiger charge is -2.18. The first kappa shape index (κ1) is 14.4. The lowest BCUT2D eigenvalue weighted by molar-refractivity contribution is 0.587. The summed E-state index contributed by atoms with van der Waals surface area (Å²) in [6, 6.07) is 6.98. The van der Waals surface area contributed by atoms with Gasteiger partial charge in [0.1, 0.15) is 5.82 Å². The Kier molecular flexibility index (Phi) is 4.91. The number of aromatic nitrogens is 1. The summed E-state index contributed by atoms with van der Waals surface area (Å²) in [7, 11) is 1.87. The van der Waals surface area contributed by atoms with E-state index in [1.807, 2.05) is 13.1 Å². The maximum atomic E-state index is 13.2. The number of hydrogen-bond acceptors (Lipinski definition) is 2. The fourth-order valence-electron chi connectivity index (χ4n) is 1.94. The van der Waals surface area contributed by atoms with Crippen LogP contribution in [0.1, 0.15) is 17.2 Å². The van der Waals surface area contributed by atoms with Gasteiger partial charge in [-0.3, -0.25) is 4.98 Å². The minimum Gasteiger partial charge on any atom is -0.313 e. The number of halogens is 3. The van der Waals surface area contributed by atoms with Crippen molar-refractivity contribution in [2.24, 2.45) is 0 Å². The molecule has 0 saturated carbocycles. The van der Waals surface area contributed by atoms with Crippen LogP contribution in [0.5, 0.6) is 0 Å². The van der Waals surface area contributed by atoms with Crippen LogP contribution in [0.15, 0.2) is 41.1 Å². The van der Waals surface area contributed by atoms with Crippen LogP contribution < -0.4 is 5.32 Å². The highest BCUT2D eigenvalue weighted by Crippen LogP contribution is 2.26. The Morgan fingerprint density at radius 1 is 1.42 bits per heavy atom. The molecule has 2 nitrogen and oxygen atoms in total. The number of nitrogens with zero attached hydrogens (tertiary/aromatic N) is 1. The second-order valence-electron chi connectivity index (χ2n) is 4.19. The average molecular weight is 344 g/mol. The van der Waals surface area contributed by atoms with Crippen molar-refractivity contribution in [2.45, 2.75) is 12.5 Å². The monoisotopic (exact) mass is 342 g/mol. The minimum atomic E-state index is -0.258. The Balaban J connectivity index is 2.24. The summed E-state index contributed by atoms with van der Waals surface area (Å²) in [4.78, 5) is 3.98. The topological polar surface area (TPSA) is 24.9 Å². The first-order valence-electron chi connectivity index (χ1n) is 5.82. The lowest BCUT2D eigenvalue weighted by Crippen LogP contribution is -2.19. The molecule has 0 aliphatic carbocycles. The minimum absolute atomic E-state index is 0.0628. The van der Waals surface area contributed by atoms with E-state index in [2.05, 4.69) is 26.2 Å². The van der Waals surface area contributed by atoms with Gasteiger partial charge in [0.05, 0.1) is 9.50 Å². The molecular formula is C14H13BrClFN2. The van der Waals surface area contributed by atoms with Gasteiger partial charge in [0.25, 0.3) is 0 Å². The predicted molar refractivity (Wildman–Crippen MR) is 78.9 cm³/mol. The molecular weight excluding hydrogens is 331 g/mol. The molecule has 100 valence electrons. The van der Waals surface area contributed by atoms with E-state index in [1.54, 1.807) is 24.5 Å². The molecule has 0 radical (unpaired) electrons. The zero-order chi connectivity index (χ0) is 13.8. The fourth-order valence-corrected chi connectivity index (χ4v) is 2.62. The van der Waals surface area contributed by atoms with Gasteiger partial charge in [0, 0.05) is 18.4 Å². The number of hydrogen-bond donors (Lipinski definition) is 1. The third kappa shape index (κ3) is 3.53. The van der Waals surface area contributed by atoms with Crippen LogP contribution in [-0.2, 0) is 6.42 Å². The van der Waals surface area contributed by atoms with Crippen molar-refractivity contribution in [1.29, 1.82) is 0 Å². The summed E-state index contributed by atoms with van der Waals surface area (Å²) in [6.45, 7) is 0. The molecule has 1 aromatic carbocycles. The van der Waals surface area contributed by atoms with Crippen molar-refractivity contribution in [3.63, 3.8) is 0 Å². The molecule has 2 rings (SSSR count). The smallest absolute Gasteiger partial charge is 0.137 e. The van der Waals surface area contributed by atoms with E-state index in [-0.39, 0.29) is 11.9 Å². The largest absolute Gasteiger partial charge is 0.313 e. The summed E-state index contributed by atoms with van der Waals surface area (Å²) in [6.07, 6.45) is 4.06. The Bertz CT molecular complexity index is 577. The highest BCUT2D eigenvalue weighted by Gasteiger charge is 2.14. The van der Waals surface area contributed by atoms with Crippen molar-refractivity contribution in [2.75, 3.05) is 7.05 Å². The van der Waals surface area contributed by atoms with Gasteiger partial charge in [-0.25, -0.2) is 4.39 Å². The molecule has 1 N–H and O–H groups in total. The summed E-state index contributed by atoms with van der Waals surface area (Å²) in [5.41, 5.74) is 2.01. The molecule has 0 aliphatic heterocycles. The first-order valence-corrected chi connectivity index (χ1v) is 6.99. The molecule has 19 heavy (non-hydrogen) atoms. The Morgan fingerprint density at radius 2 is 2.21 bits per heavy atom. The number of likely N-dealkylation sites (N-methyl/N-ethyl adjacent to an activating group) is 1. The first-order chi connectivity index (χ1) is 9.11. The lowest BCUT2D eigenvalue weighted by atomic mass is 10.00. The molecule has 0 aliphatic rings. The Morgan fingerprint density at radius 3 is 2.84 bits per heavy atom. The maximum Gasteiger partial charge on any atom is 0.137 e. The van der Waals surface area contributed by atoms with Gasteiger partial charge in [-0.1, -0.05) is 17.7 Å². The van der Waals surface area contributed by atoms with Crippen molar-refractivity contribution in [1.82, 2.24) is 10.3 Å². The van der Waals surface area contributed by atoms with Gasteiger partial charge in [-0.2, -0.15) is 0 Å². The van der Waals surface area contributed by atoms with Crippen molar-refractivity contribution >= 4 is 27.5 Å². The molecule has 0 fully saturated rings. The SMILES string of the molecule is CNC(Cc1ccc(F)c(Br)c1)c1ccncc1Cl. The highest BCUT2D eigenvalue weighted by molar-refractivity contribution is 9.10. The second kappa shape index (κ2) is 6.46. The zero-order valence-electron chi connectivity index (χ0n) is 10.3. The summed E-state index contributed by atoms with van der Waals surface area (Å²) < 4.78 is 13.7. The number of benzene rings is 1. The fraction of sp³-hybridized carbons (Fsp3) is 0.214. The quantitative estimate of drug-likeness (QED) is 0.902. The second-order valence-corrected chi connectivity index (χ2v) is 5.45. The molecule has 1 atom stereocenters. The number of rotatable bonds is 4. The van der Waals surface area contributed by atoms with Crippen LogP contribution in [0.4, 0.5) is 4.39 Å². The van der Waals surface area contributed by atoms with Gasteiger partial charge in [0.15, 0.2) is 0 Å². The number of pyridine rings is 1. The predicted octanol–water partition coefficient (Wildman–Crippen LogP) is 4.14. The van der Waals surface area contributed by atoms with Crippen LogP contribution in [0.25, 0.3) is 0 Å². The van der Waals surface area contributed by atoms with Gasteiger partial charge in [-0.05, 0) is 58.7 Å². The van der Waals surface area contributed by atoms with E-state index in [4.69, 9.17) is 11.6 Å². The molecule has 2 aromatic rings. The van der Waals surface area contributed by atoms with Crippen LogP contribution in [-0.4, -0.2) is 12.0 Å². The van der Waals surface area contributed by atoms with Gasteiger partial charge in [-0.15, -0.1) is 0 Å². The molecule has 0 saturated heterocycles. The molecule has 0 bridgehead atoms. The van der Waals surface area contributed by atoms with Crippen LogP contribution in [0.3, 0.4) is 0 Å². The molecule has 1 aromatic heterocycles. The van der Waals surface area contributed by atoms with Crippen LogP contribution in [0.2, 0.25) is 5.02 Å². The van der Waals surface area contributed by atoms with E-state index < -0.39 is 0 Å². The third-order valence-electron chi connectivity index (χ3n) is 2.95. The van der Waals surface area contributed by atoms with Gasteiger partial charge >= 0.3 is 0 Å². The van der Waals surface area contributed by atoms with Gasteiger partial charge in [0.2, 0.25) is 0 Å². The summed E-state index contributed by atoms with van der Waals surface area (Å²) in [5.74, 6) is -0.258. The molecule has 1 heterocycles. The molecule has 0 amide bonds. The molecule has 0 spiro atoms. The third-order valence-corrected chi connectivity index (χ3v) is 3.88. The van der Waals surface area contributed by atoms with E-state index in [1.165, 1.54) is 6.07 Å². The van der Waals surface area contributed by atoms with E-state index >= 15 is 0 Å². The van der Waals surface area contributed by atoms with Crippen LogP contribution >= 0.6 is 27.5 Å². The van der Waals surface area contributed by atoms with Crippen molar-refractivity contribution in [3.8, 4) is 0 Å². The highest BCUT2D eigenvalue weighted by atomic mass is 79.9. The van der Waals surface area contributed by atoms with Crippen molar-refractivity contribution < 1.29 is 4.39 Å². The Labute approximate surface area is 125 Å². The van der Waals surface area contributed by atoms with Gasteiger partial charge < -0.3 is 5.32 Å². The van der Waals surface area contributed by atoms with E-state index in [0.29, 0.717) is 9.50 Å². The average Bonchev–Trinajstić information content (AvgIpc) is 2.41. The zero-order valence-corrected chi connectivity index (χ0v) is 12.7. The van der Waals surface area contributed by atoms with Crippen LogP contribution in [0, 0.1) is 5.82 Å². The van der Waals surface area contributed by atoms with E-state index in [9.17, 15) is 4.39 Å². The molecule has 5 heteroatoms. The maximum absolute atomic E-state index is 13.2. The van der Waals surface area contributed by atoms with E-state index in [0.717, 1.165) is 17.5 Å². The standard InChI is InChI=1S/C14H13BrClFN2/c1-18-14(10-4-5-19-8-12(10)16)7-9-2-3-13(17)11(15)6-9/h2-6,8,14,18H,7H2,1H3. The summed E-state index contributed by atoms with van der Waals surface area (Å²) in [5, 5.41) is 3.85. The Hall–Kier alpha value is -0.970. The normalized spacial score (nSPS) is 12.4. The summed E-state index contributed by atoms with van der Waals surface area (Å²) >= 11 is 9.35. The number of nitrogens with one attached hydrogen (secondary N) is 1. The van der Waals surface area contributed by atoms with Crippen molar-refractivity contribution in [3.05, 3.63) is 63.1 Å². The molecule has 1 unspecified atom stereocenters.